The fraction of sp³-hybridized carbons (Fsp3) is 0. The number of nitriles is 1. The van der Waals surface area contributed by atoms with Crippen LogP contribution >= 0.6 is 0 Å². The summed E-state index contributed by atoms with van der Waals surface area (Å²) in [6.45, 7) is 0. The van der Waals surface area contributed by atoms with Gasteiger partial charge in [-0.1, -0.05) is 6.07 Å². The average Bonchev–Trinajstić information content (AvgIpc) is 2.98. The Bertz CT molecular complexity index is 1000. The highest BCUT2D eigenvalue weighted by Crippen LogP contribution is 2.26. The molecule has 0 spiro atoms. The van der Waals surface area contributed by atoms with Crippen LogP contribution in [0.3, 0.4) is 0 Å². The van der Waals surface area contributed by atoms with E-state index in [0.29, 0.717) is 28.2 Å². The molecule has 3 rings (SSSR count). The maximum Gasteiger partial charge on any atom is 0.227 e. The van der Waals surface area contributed by atoms with Gasteiger partial charge in [0.2, 0.25) is 11.6 Å². The Morgan fingerprint density at radius 1 is 1.33 bits per heavy atom. The predicted molar refractivity (Wildman–Crippen MR) is 88.0 cm³/mol. The number of aromatic nitrogens is 1. The molecule has 24 heavy (non-hydrogen) atoms. The molecule has 0 radical (unpaired) electrons. The third-order valence-corrected chi connectivity index (χ3v) is 3.12. The summed E-state index contributed by atoms with van der Waals surface area (Å²) in [6, 6.07) is 12.6. The normalized spacial score (nSPS) is 11.2. The van der Waals surface area contributed by atoms with Gasteiger partial charge in [0, 0.05) is 5.56 Å². The summed E-state index contributed by atoms with van der Waals surface area (Å²) in [5.41, 5.74) is 9.75. The van der Waals surface area contributed by atoms with Gasteiger partial charge in [-0.15, -0.1) is 0 Å². The van der Waals surface area contributed by atoms with Crippen LogP contribution < -0.4 is 11.2 Å². The Hall–Kier alpha value is -3.73. The largest absolute Gasteiger partial charge is 0.436 e. The Kier molecular flexibility index (Phi) is 3.91. The molecular weight excluding hydrogens is 311 g/mol. The zero-order chi connectivity index (χ0) is 17.1. The van der Waals surface area contributed by atoms with Crippen LogP contribution in [-0.2, 0) is 0 Å². The van der Waals surface area contributed by atoms with Crippen molar-refractivity contribution in [2.45, 2.75) is 0 Å². The molecular formula is C16H11FN6O. The first-order valence-corrected chi connectivity index (χ1v) is 6.81. The number of anilines is 1. The van der Waals surface area contributed by atoms with Gasteiger partial charge >= 0.3 is 0 Å². The molecule has 0 fully saturated rings. The maximum absolute atomic E-state index is 13.3. The zero-order valence-corrected chi connectivity index (χ0v) is 12.2. The Morgan fingerprint density at radius 3 is 2.88 bits per heavy atom. The highest BCUT2D eigenvalue weighted by Gasteiger charge is 2.09. The molecule has 0 aliphatic rings. The molecule has 0 saturated heterocycles. The molecule has 1 heterocycles. The summed E-state index contributed by atoms with van der Waals surface area (Å²) in [5.74, 6) is -0.507. The van der Waals surface area contributed by atoms with E-state index in [1.807, 2.05) is 0 Å². The molecule has 118 valence electrons. The van der Waals surface area contributed by atoms with Gasteiger partial charge in [-0.05, 0) is 36.4 Å². The number of hydrogen-bond donors (Lipinski definition) is 3. The SMILES string of the molecule is N#C/C(=N\Nc1ccc2oc(-c3cccc(F)c3)nc2c1)C(=N)N. The van der Waals surface area contributed by atoms with E-state index in [2.05, 4.69) is 15.5 Å². The Balaban J connectivity index is 1.92. The smallest absolute Gasteiger partial charge is 0.227 e. The minimum atomic E-state index is -0.430. The highest BCUT2D eigenvalue weighted by atomic mass is 19.1. The number of hydrazone groups is 1. The summed E-state index contributed by atoms with van der Waals surface area (Å²) in [5, 5.41) is 19.7. The van der Waals surface area contributed by atoms with Gasteiger partial charge in [-0.25, -0.2) is 9.37 Å². The number of benzene rings is 2. The van der Waals surface area contributed by atoms with Crippen molar-refractivity contribution in [1.82, 2.24) is 4.98 Å². The van der Waals surface area contributed by atoms with Crippen molar-refractivity contribution in [3.8, 4) is 17.5 Å². The quantitative estimate of drug-likeness (QED) is 0.387. The number of nitrogens with one attached hydrogen (secondary N) is 2. The van der Waals surface area contributed by atoms with Crippen LogP contribution in [0.4, 0.5) is 10.1 Å². The van der Waals surface area contributed by atoms with E-state index in [-0.39, 0.29) is 11.5 Å². The molecule has 0 saturated carbocycles. The van der Waals surface area contributed by atoms with Crippen molar-refractivity contribution >= 4 is 28.3 Å². The van der Waals surface area contributed by atoms with E-state index in [1.165, 1.54) is 12.1 Å². The van der Waals surface area contributed by atoms with Crippen LogP contribution in [0.2, 0.25) is 0 Å². The summed E-state index contributed by atoms with van der Waals surface area (Å²) in [7, 11) is 0. The lowest BCUT2D eigenvalue weighted by atomic mass is 10.2. The first-order chi connectivity index (χ1) is 11.6. The topological polar surface area (TPSA) is 124 Å². The Morgan fingerprint density at radius 2 is 2.17 bits per heavy atom. The van der Waals surface area contributed by atoms with E-state index in [0.717, 1.165) is 0 Å². The van der Waals surface area contributed by atoms with Crippen molar-refractivity contribution in [1.29, 1.82) is 10.7 Å². The number of nitrogens with zero attached hydrogens (tertiary/aromatic N) is 3. The van der Waals surface area contributed by atoms with E-state index < -0.39 is 5.84 Å². The average molecular weight is 322 g/mol. The van der Waals surface area contributed by atoms with Crippen LogP contribution in [0.15, 0.2) is 52.0 Å². The lowest BCUT2D eigenvalue weighted by Crippen LogP contribution is -2.21. The maximum atomic E-state index is 13.3. The molecule has 8 heteroatoms. The van der Waals surface area contributed by atoms with Gasteiger partial charge in [0.1, 0.15) is 17.4 Å². The second-order valence-corrected chi connectivity index (χ2v) is 4.81. The van der Waals surface area contributed by atoms with E-state index in [4.69, 9.17) is 20.8 Å². The molecule has 0 amide bonds. The van der Waals surface area contributed by atoms with Gasteiger partial charge in [0.15, 0.2) is 11.4 Å². The fourth-order valence-corrected chi connectivity index (χ4v) is 2.01. The van der Waals surface area contributed by atoms with Crippen LogP contribution in [0, 0.1) is 22.6 Å². The minimum absolute atomic E-state index is 0.226. The molecule has 4 N–H and O–H groups in total. The van der Waals surface area contributed by atoms with Gasteiger partial charge in [0.25, 0.3) is 0 Å². The van der Waals surface area contributed by atoms with Crippen molar-refractivity contribution in [3.63, 3.8) is 0 Å². The standard InChI is InChI=1S/C16H11FN6O/c17-10-3-1-2-9(6-10)16-21-12-7-11(4-5-14(12)24-16)22-23-13(8-18)15(19)20/h1-7,22H,(H3,19,20)/b23-13+. The zero-order valence-electron chi connectivity index (χ0n) is 12.2. The molecule has 0 unspecified atom stereocenters. The molecule has 2 aromatic carbocycles. The number of fused-ring (bicyclic) bond motifs is 1. The van der Waals surface area contributed by atoms with Crippen LogP contribution in [0.25, 0.3) is 22.6 Å². The summed E-state index contributed by atoms with van der Waals surface area (Å²) in [4.78, 5) is 4.31. The minimum Gasteiger partial charge on any atom is -0.436 e. The molecule has 7 nitrogen and oxygen atoms in total. The number of nitrogens with two attached hydrogens (primary N) is 1. The molecule has 0 atom stereocenters. The van der Waals surface area contributed by atoms with Gasteiger partial charge < -0.3 is 10.2 Å². The summed E-state index contributed by atoms with van der Waals surface area (Å²) in [6.07, 6.45) is 0. The number of amidine groups is 1. The summed E-state index contributed by atoms with van der Waals surface area (Å²) >= 11 is 0. The van der Waals surface area contributed by atoms with Gasteiger partial charge in [-0.3, -0.25) is 10.8 Å². The first kappa shape index (κ1) is 15.2. The van der Waals surface area contributed by atoms with E-state index >= 15 is 0 Å². The van der Waals surface area contributed by atoms with Crippen LogP contribution in [-0.4, -0.2) is 16.5 Å². The number of rotatable bonds is 4. The van der Waals surface area contributed by atoms with Crippen molar-refractivity contribution < 1.29 is 8.81 Å². The van der Waals surface area contributed by atoms with Gasteiger partial charge in [-0.2, -0.15) is 10.4 Å². The molecule has 0 bridgehead atoms. The molecule has 3 aromatic rings. The number of hydrogen-bond acceptors (Lipinski definition) is 6. The van der Waals surface area contributed by atoms with Crippen molar-refractivity contribution in [2.75, 3.05) is 5.43 Å². The van der Waals surface area contributed by atoms with E-state index in [1.54, 1.807) is 36.4 Å². The number of halogens is 1. The Labute approximate surface area is 135 Å². The second kappa shape index (κ2) is 6.18. The highest BCUT2D eigenvalue weighted by molar-refractivity contribution is 6.45. The first-order valence-electron chi connectivity index (χ1n) is 6.81. The lowest BCUT2D eigenvalue weighted by Gasteiger charge is -2.00. The molecule has 0 aliphatic carbocycles. The lowest BCUT2D eigenvalue weighted by molar-refractivity contribution is 0.611. The van der Waals surface area contributed by atoms with Crippen LogP contribution in [0.1, 0.15) is 0 Å². The monoisotopic (exact) mass is 322 g/mol. The summed E-state index contributed by atoms with van der Waals surface area (Å²) < 4.78 is 18.9. The van der Waals surface area contributed by atoms with Crippen LogP contribution in [0.5, 0.6) is 0 Å². The fourth-order valence-electron chi connectivity index (χ4n) is 2.01. The second-order valence-electron chi connectivity index (χ2n) is 4.81. The molecule has 0 aliphatic heterocycles. The van der Waals surface area contributed by atoms with E-state index in [9.17, 15) is 4.39 Å². The third-order valence-electron chi connectivity index (χ3n) is 3.12. The van der Waals surface area contributed by atoms with Crippen molar-refractivity contribution in [3.05, 3.63) is 48.3 Å². The molecule has 1 aromatic heterocycles. The van der Waals surface area contributed by atoms with Crippen molar-refractivity contribution in [2.24, 2.45) is 10.8 Å². The third kappa shape index (κ3) is 3.05. The number of oxazole rings is 1. The predicted octanol–water partition coefficient (Wildman–Crippen LogP) is 2.86. The van der Waals surface area contributed by atoms with Gasteiger partial charge in [0.05, 0.1) is 5.69 Å².